The Morgan fingerprint density at radius 2 is 1.86 bits per heavy atom. The molecule has 76 valence electrons. The Labute approximate surface area is 86.3 Å². The van der Waals surface area contributed by atoms with Gasteiger partial charge in [0, 0.05) is 5.54 Å². The molecular weight excluding hydrogens is 170 g/mol. The molecule has 0 amide bonds. The number of hydrogen-bond donors (Lipinski definition) is 1. The Hall–Kier alpha value is -0.820. The van der Waals surface area contributed by atoms with Gasteiger partial charge in [0.1, 0.15) is 0 Å². The van der Waals surface area contributed by atoms with Crippen LogP contribution in [0.2, 0.25) is 0 Å². The van der Waals surface area contributed by atoms with E-state index >= 15 is 0 Å². The van der Waals surface area contributed by atoms with Crippen LogP contribution in [0.4, 0.5) is 0 Å². The van der Waals surface area contributed by atoms with E-state index in [9.17, 15) is 0 Å². The fourth-order valence-corrected chi connectivity index (χ4v) is 2.02. The van der Waals surface area contributed by atoms with Crippen LogP contribution in [0.1, 0.15) is 37.8 Å². The number of rotatable bonds is 3. The summed E-state index contributed by atoms with van der Waals surface area (Å²) >= 11 is 0. The second kappa shape index (κ2) is 3.39. The first-order chi connectivity index (χ1) is 6.64. The molecule has 1 atom stereocenters. The van der Waals surface area contributed by atoms with Crippen molar-refractivity contribution in [2.45, 2.75) is 38.6 Å². The molecule has 1 aromatic rings. The lowest BCUT2D eigenvalue weighted by Gasteiger charge is -2.25. The zero-order chi connectivity index (χ0) is 10.2. The molecule has 0 bridgehead atoms. The van der Waals surface area contributed by atoms with Crippen molar-refractivity contribution in [3.05, 3.63) is 35.4 Å². The van der Waals surface area contributed by atoms with Gasteiger partial charge in [0.15, 0.2) is 0 Å². The van der Waals surface area contributed by atoms with Gasteiger partial charge in [-0.3, -0.25) is 0 Å². The predicted octanol–water partition coefficient (Wildman–Crippen LogP) is 2.83. The van der Waals surface area contributed by atoms with Crippen LogP contribution in [0.25, 0.3) is 0 Å². The first-order valence-electron chi connectivity index (χ1n) is 5.53. The third-order valence-electron chi connectivity index (χ3n) is 3.41. The Morgan fingerprint density at radius 1 is 1.29 bits per heavy atom. The molecule has 1 aromatic carbocycles. The monoisotopic (exact) mass is 189 g/mol. The summed E-state index contributed by atoms with van der Waals surface area (Å²) in [6.07, 6.45) is 3.69. The molecule has 0 radical (unpaired) electrons. The molecule has 14 heavy (non-hydrogen) atoms. The van der Waals surface area contributed by atoms with Crippen molar-refractivity contribution in [1.29, 1.82) is 0 Å². The summed E-state index contributed by atoms with van der Waals surface area (Å²) in [6.45, 7) is 4.34. The molecule has 0 heterocycles. The van der Waals surface area contributed by atoms with Gasteiger partial charge in [-0.05, 0) is 43.2 Å². The van der Waals surface area contributed by atoms with Gasteiger partial charge in [-0.25, -0.2) is 0 Å². The molecule has 2 rings (SSSR count). The van der Waals surface area contributed by atoms with E-state index in [0.717, 1.165) is 6.42 Å². The van der Waals surface area contributed by atoms with Crippen molar-refractivity contribution in [2.75, 3.05) is 0 Å². The van der Waals surface area contributed by atoms with E-state index in [0.29, 0.717) is 5.92 Å². The van der Waals surface area contributed by atoms with E-state index in [1.807, 2.05) is 0 Å². The number of hydrogen-bond acceptors (Lipinski definition) is 1. The largest absolute Gasteiger partial charge is 0.321 e. The fraction of sp³-hybridized carbons (Fsp3) is 0.538. The molecule has 1 saturated carbocycles. The first-order valence-corrected chi connectivity index (χ1v) is 5.53. The van der Waals surface area contributed by atoms with Crippen molar-refractivity contribution < 1.29 is 0 Å². The summed E-state index contributed by atoms with van der Waals surface area (Å²) in [4.78, 5) is 0. The minimum Gasteiger partial charge on any atom is -0.321 e. The van der Waals surface area contributed by atoms with Crippen molar-refractivity contribution in [3.63, 3.8) is 0 Å². The Kier molecular flexibility index (Phi) is 2.36. The van der Waals surface area contributed by atoms with Crippen LogP contribution in [0.3, 0.4) is 0 Å². The summed E-state index contributed by atoms with van der Waals surface area (Å²) in [5.74, 6) is 0.704. The van der Waals surface area contributed by atoms with Crippen LogP contribution in [-0.4, -0.2) is 0 Å². The van der Waals surface area contributed by atoms with Crippen molar-refractivity contribution in [2.24, 2.45) is 11.7 Å². The maximum atomic E-state index is 6.33. The quantitative estimate of drug-likeness (QED) is 0.777. The molecule has 1 aliphatic carbocycles. The first kappa shape index (κ1) is 9.72. The van der Waals surface area contributed by atoms with E-state index in [4.69, 9.17) is 5.73 Å². The predicted molar refractivity (Wildman–Crippen MR) is 60.1 cm³/mol. The highest BCUT2D eigenvalue weighted by molar-refractivity contribution is 5.29. The summed E-state index contributed by atoms with van der Waals surface area (Å²) < 4.78 is 0. The summed E-state index contributed by atoms with van der Waals surface area (Å²) in [5, 5.41) is 0. The molecule has 1 fully saturated rings. The smallest absolute Gasteiger partial charge is 0.0409 e. The van der Waals surface area contributed by atoms with E-state index in [2.05, 4.69) is 38.1 Å². The highest BCUT2D eigenvalue weighted by Crippen LogP contribution is 2.43. The van der Waals surface area contributed by atoms with Crippen molar-refractivity contribution in [3.8, 4) is 0 Å². The molecule has 1 nitrogen and oxygen atoms in total. The van der Waals surface area contributed by atoms with Gasteiger partial charge < -0.3 is 5.73 Å². The zero-order valence-electron chi connectivity index (χ0n) is 9.09. The van der Waals surface area contributed by atoms with Crippen molar-refractivity contribution >= 4 is 0 Å². The van der Waals surface area contributed by atoms with Crippen molar-refractivity contribution in [1.82, 2.24) is 0 Å². The van der Waals surface area contributed by atoms with Crippen LogP contribution in [0.5, 0.6) is 0 Å². The molecule has 0 saturated heterocycles. The van der Waals surface area contributed by atoms with Gasteiger partial charge in [-0.2, -0.15) is 0 Å². The lowest BCUT2D eigenvalue weighted by Crippen LogP contribution is -2.35. The maximum absolute atomic E-state index is 6.33. The summed E-state index contributed by atoms with van der Waals surface area (Å²) in [5.41, 5.74) is 8.91. The van der Waals surface area contributed by atoms with Gasteiger partial charge in [-0.15, -0.1) is 0 Å². The molecule has 1 aliphatic rings. The Morgan fingerprint density at radius 3 is 2.29 bits per heavy atom. The van der Waals surface area contributed by atoms with E-state index < -0.39 is 0 Å². The van der Waals surface area contributed by atoms with Crippen LogP contribution in [0, 0.1) is 5.92 Å². The minimum atomic E-state index is -0.105. The Balaban J connectivity index is 2.23. The van der Waals surface area contributed by atoms with Gasteiger partial charge >= 0.3 is 0 Å². The van der Waals surface area contributed by atoms with Crippen LogP contribution < -0.4 is 5.73 Å². The number of benzene rings is 1. The zero-order valence-corrected chi connectivity index (χ0v) is 9.09. The average molecular weight is 189 g/mol. The molecule has 0 spiro atoms. The SMILES string of the molecule is CCc1ccc(C(C)(N)C2CC2)cc1. The van der Waals surface area contributed by atoms with E-state index in [1.165, 1.54) is 24.0 Å². The molecule has 0 aromatic heterocycles. The van der Waals surface area contributed by atoms with Crippen LogP contribution in [0.15, 0.2) is 24.3 Å². The highest BCUT2D eigenvalue weighted by atomic mass is 14.8. The molecule has 2 N–H and O–H groups in total. The third kappa shape index (κ3) is 1.69. The molecule has 1 unspecified atom stereocenters. The maximum Gasteiger partial charge on any atom is 0.0409 e. The molecule has 0 aliphatic heterocycles. The van der Waals surface area contributed by atoms with Crippen LogP contribution >= 0.6 is 0 Å². The topological polar surface area (TPSA) is 26.0 Å². The van der Waals surface area contributed by atoms with Crippen LogP contribution in [-0.2, 0) is 12.0 Å². The van der Waals surface area contributed by atoms with Gasteiger partial charge in [0.2, 0.25) is 0 Å². The van der Waals surface area contributed by atoms with Gasteiger partial charge in [-0.1, -0.05) is 31.2 Å². The third-order valence-corrected chi connectivity index (χ3v) is 3.41. The number of nitrogens with two attached hydrogens (primary N) is 1. The highest BCUT2D eigenvalue weighted by Gasteiger charge is 2.39. The summed E-state index contributed by atoms with van der Waals surface area (Å²) in [6, 6.07) is 8.78. The fourth-order valence-electron chi connectivity index (χ4n) is 2.02. The molecular formula is C13H19N. The standard InChI is InChI=1S/C13H19N/c1-3-10-4-6-11(7-5-10)13(2,14)12-8-9-12/h4-7,12H,3,8-9,14H2,1-2H3. The molecule has 1 heteroatoms. The Bertz CT molecular complexity index is 307. The second-order valence-electron chi connectivity index (χ2n) is 4.61. The average Bonchev–Trinajstić information content (AvgIpc) is 3.01. The number of aryl methyl sites for hydroxylation is 1. The van der Waals surface area contributed by atoms with E-state index in [-0.39, 0.29) is 5.54 Å². The summed E-state index contributed by atoms with van der Waals surface area (Å²) in [7, 11) is 0. The minimum absolute atomic E-state index is 0.105. The van der Waals surface area contributed by atoms with E-state index in [1.54, 1.807) is 0 Å². The lowest BCUT2D eigenvalue weighted by molar-refractivity contribution is 0.427. The van der Waals surface area contributed by atoms with Gasteiger partial charge in [0.25, 0.3) is 0 Å². The lowest BCUT2D eigenvalue weighted by atomic mass is 9.87. The normalized spacial score (nSPS) is 20.5. The second-order valence-corrected chi connectivity index (χ2v) is 4.61. The van der Waals surface area contributed by atoms with Gasteiger partial charge in [0.05, 0.1) is 0 Å².